The number of hydrogen-bond acceptors (Lipinski definition) is 3. The Morgan fingerprint density at radius 3 is 2.65 bits per heavy atom. The lowest BCUT2D eigenvalue weighted by atomic mass is 10.2. The van der Waals surface area contributed by atoms with Crippen LogP contribution in [0.25, 0.3) is 0 Å². The molecule has 0 aliphatic carbocycles. The van der Waals surface area contributed by atoms with Crippen molar-refractivity contribution in [3.05, 3.63) is 29.0 Å². The van der Waals surface area contributed by atoms with Crippen molar-refractivity contribution in [2.75, 3.05) is 13.3 Å². The van der Waals surface area contributed by atoms with E-state index in [1.165, 1.54) is 0 Å². The zero-order valence-electron chi connectivity index (χ0n) is 10.6. The van der Waals surface area contributed by atoms with Gasteiger partial charge in [0.1, 0.15) is 5.15 Å². The number of aromatic nitrogens is 1. The third kappa shape index (κ3) is 4.21. The predicted octanol–water partition coefficient (Wildman–Crippen LogP) is 3.29. The molecule has 0 N–H and O–H groups in total. The molecular weight excluding hydrogens is 254 g/mol. The highest BCUT2D eigenvalue weighted by Gasteiger charge is 2.14. The van der Waals surface area contributed by atoms with E-state index in [0.717, 1.165) is 17.3 Å². The van der Waals surface area contributed by atoms with E-state index in [2.05, 4.69) is 28.7 Å². The van der Waals surface area contributed by atoms with Crippen LogP contribution in [-0.4, -0.2) is 34.4 Å². The molecule has 0 aliphatic rings. The minimum atomic E-state index is 0.400. The smallest absolute Gasteiger partial charge is 0.159 e. The van der Waals surface area contributed by atoms with Crippen molar-refractivity contribution < 1.29 is 0 Å². The number of rotatable bonds is 3. The van der Waals surface area contributed by atoms with E-state index >= 15 is 0 Å². The molecule has 94 valence electrons. The van der Waals surface area contributed by atoms with Gasteiger partial charge in [0.15, 0.2) is 5.17 Å². The van der Waals surface area contributed by atoms with Crippen molar-refractivity contribution in [3.63, 3.8) is 0 Å². The van der Waals surface area contributed by atoms with Crippen LogP contribution in [0, 0.1) is 0 Å². The van der Waals surface area contributed by atoms with Crippen LogP contribution in [0.1, 0.15) is 19.4 Å². The van der Waals surface area contributed by atoms with Crippen molar-refractivity contribution in [1.82, 2.24) is 9.88 Å². The van der Waals surface area contributed by atoms with E-state index in [0.29, 0.717) is 11.2 Å². The minimum absolute atomic E-state index is 0.400. The highest BCUT2D eigenvalue weighted by molar-refractivity contribution is 8.13. The first-order valence-corrected chi connectivity index (χ1v) is 7.06. The molecule has 5 heteroatoms. The molecule has 1 aromatic rings. The highest BCUT2D eigenvalue weighted by Crippen LogP contribution is 2.15. The van der Waals surface area contributed by atoms with Crippen LogP contribution in [-0.2, 0) is 6.54 Å². The van der Waals surface area contributed by atoms with Crippen molar-refractivity contribution in [3.8, 4) is 0 Å². The second kappa shape index (κ2) is 6.87. The van der Waals surface area contributed by atoms with Gasteiger partial charge in [-0.2, -0.15) is 0 Å². The van der Waals surface area contributed by atoms with Crippen molar-refractivity contribution >= 4 is 28.5 Å². The van der Waals surface area contributed by atoms with Gasteiger partial charge < -0.3 is 4.90 Å². The van der Waals surface area contributed by atoms with Crippen LogP contribution < -0.4 is 0 Å². The summed E-state index contributed by atoms with van der Waals surface area (Å²) in [5.74, 6) is 0. The fourth-order valence-corrected chi connectivity index (χ4v) is 2.31. The second-order valence-electron chi connectivity index (χ2n) is 3.92. The van der Waals surface area contributed by atoms with Gasteiger partial charge in [0, 0.05) is 25.8 Å². The van der Waals surface area contributed by atoms with Crippen LogP contribution in [0.4, 0.5) is 0 Å². The van der Waals surface area contributed by atoms with Crippen molar-refractivity contribution in [2.24, 2.45) is 4.99 Å². The molecule has 0 unspecified atom stereocenters. The van der Waals surface area contributed by atoms with E-state index in [9.17, 15) is 0 Å². The average Bonchev–Trinajstić information content (AvgIpc) is 2.31. The quantitative estimate of drug-likeness (QED) is 0.480. The summed E-state index contributed by atoms with van der Waals surface area (Å²) in [6, 6.07) is 4.21. The van der Waals surface area contributed by atoms with Gasteiger partial charge in [0.2, 0.25) is 0 Å². The lowest BCUT2D eigenvalue weighted by Gasteiger charge is -2.28. The van der Waals surface area contributed by atoms with Gasteiger partial charge in [-0.15, -0.1) is 0 Å². The standard InChI is InChI=1S/C12H18ClN3S/c1-9(2)16(12(14-3)17-4)8-10-5-6-11(13)15-7-10/h5-7,9H,8H2,1-4H3. The lowest BCUT2D eigenvalue weighted by molar-refractivity contribution is 0.349. The Kier molecular flexibility index (Phi) is 5.78. The van der Waals surface area contributed by atoms with Gasteiger partial charge in [0.05, 0.1) is 0 Å². The van der Waals surface area contributed by atoms with E-state index < -0.39 is 0 Å². The molecular formula is C12H18ClN3S. The Morgan fingerprint density at radius 1 is 1.53 bits per heavy atom. The van der Waals surface area contributed by atoms with Crippen LogP contribution >= 0.6 is 23.4 Å². The zero-order valence-corrected chi connectivity index (χ0v) is 12.2. The zero-order chi connectivity index (χ0) is 12.8. The summed E-state index contributed by atoms with van der Waals surface area (Å²) in [6.45, 7) is 5.12. The molecule has 0 aliphatic heterocycles. The van der Waals surface area contributed by atoms with Crippen molar-refractivity contribution in [2.45, 2.75) is 26.4 Å². The van der Waals surface area contributed by atoms with Gasteiger partial charge in [-0.3, -0.25) is 4.99 Å². The van der Waals surface area contributed by atoms with Gasteiger partial charge >= 0.3 is 0 Å². The third-order valence-electron chi connectivity index (χ3n) is 2.38. The Labute approximate surface area is 112 Å². The summed E-state index contributed by atoms with van der Waals surface area (Å²) in [6.07, 6.45) is 3.85. The Balaban J connectivity index is 2.84. The van der Waals surface area contributed by atoms with Gasteiger partial charge in [-0.05, 0) is 31.7 Å². The number of hydrogen-bond donors (Lipinski definition) is 0. The molecule has 0 saturated heterocycles. The Morgan fingerprint density at radius 2 is 2.24 bits per heavy atom. The van der Waals surface area contributed by atoms with Gasteiger partial charge in [-0.25, -0.2) is 4.98 Å². The maximum Gasteiger partial charge on any atom is 0.159 e. The molecule has 0 bridgehead atoms. The number of aliphatic imine (C=N–C) groups is 1. The van der Waals surface area contributed by atoms with E-state index in [-0.39, 0.29) is 0 Å². The molecule has 0 spiro atoms. The molecule has 0 fully saturated rings. The molecule has 17 heavy (non-hydrogen) atoms. The van der Waals surface area contributed by atoms with Crippen LogP contribution in [0.5, 0.6) is 0 Å². The SMILES string of the molecule is CN=C(SC)N(Cc1ccc(Cl)nc1)C(C)C. The van der Waals surface area contributed by atoms with Crippen molar-refractivity contribution in [1.29, 1.82) is 0 Å². The minimum Gasteiger partial charge on any atom is -0.345 e. The number of pyridine rings is 1. The monoisotopic (exact) mass is 271 g/mol. The molecule has 1 heterocycles. The molecule has 0 saturated carbocycles. The summed E-state index contributed by atoms with van der Waals surface area (Å²) in [7, 11) is 1.82. The second-order valence-corrected chi connectivity index (χ2v) is 5.08. The number of halogens is 1. The first-order chi connectivity index (χ1) is 8.08. The van der Waals surface area contributed by atoms with E-state index in [1.54, 1.807) is 11.8 Å². The summed E-state index contributed by atoms with van der Waals surface area (Å²) < 4.78 is 0. The first kappa shape index (κ1) is 14.3. The maximum absolute atomic E-state index is 5.78. The molecule has 0 amide bonds. The average molecular weight is 272 g/mol. The molecule has 3 nitrogen and oxygen atoms in total. The fourth-order valence-electron chi connectivity index (χ4n) is 1.50. The van der Waals surface area contributed by atoms with Gasteiger partial charge in [0.25, 0.3) is 0 Å². The molecule has 0 aromatic carbocycles. The lowest BCUT2D eigenvalue weighted by Crippen LogP contribution is -2.34. The fraction of sp³-hybridized carbons (Fsp3) is 0.500. The molecule has 1 rings (SSSR count). The molecule has 0 radical (unpaired) electrons. The largest absolute Gasteiger partial charge is 0.345 e. The number of amidine groups is 1. The van der Waals surface area contributed by atoms with Crippen LogP contribution in [0.15, 0.2) is 23.3 Å². The van der Waals surface area contributed by atoms with Gasteiger partial charge in [-0.1, -0.05) is 29.4 Å². The normalized spacial score (nSPS) is 12.0. The number of nitrogens with zero attached hydrogens (tertiary/aromatic N) is 3. The van der Waals surface area contributed by atoms with Crippen LogP contribution in [0.2, 0.25) is 5.15 Å². The van der Waals surface area contributed by atoms with E-state index in [4.69, 9.17) is 11.6 Å². The molecule has 1 aromatic heterocycles. The summed E-state index contributed by atoms with van der Waals surface area (Å²) in [5.41, 5.74) is 1.14. The Hall–Kier alpha value is -0.740. The van der Waals surface area contributed by atoms with Crippen LogP contribution in [0.3, 0.4) is 0 Å². The third-order valence-corrected chi connectivity index (χ3v) is 3.39. The first-order valence-electron chi connectivity index (χ1n) is 5.46. The predicted molar refractivity (Wildman–Crippen MR) is 76.8 cm³/mol. The highest BCUT2D eigenvalue weighted by atomic mass is 35.5. The topological polar surface area (TPSA) is 28.5 Å². The number of thioether (sulfide) groups is 1. The maximum atomic E-state index is 5.78. The molecule has 0 atom stereocenters. The Bertz CT molecular complexity index is 376. The summed E-state index contributed by atoms with van der Waals surface area (Å²) in [5, 5.41) is 1.56. The van der Waals surface area contributed by atoms with E-state index in [1.807, 2.05) is 31.6 Å². The summed E-state index contributed by atoms with van der Waals surface area (Å²) in [4.78, 5) is 10.6. The summed E-state index contributed by atoms with van der Waals surface area (Å²) >= 11 is 7.43.